The lowest BCUT2D eigenvalue weighted by atomic mass is 9.83. The van der Waals surface area contributed by atoms with Crippen molar-refractivity contribution in [2.24, 2.45) is 5.92 Å². The van der Waals surface area contributed by atoms with Crippen molar-refractivity contribution in [1.82, 2.24) is 10.2 Å². The summed E-state index contributed by atoms with van der Waals surface area (Å²) in [5.74, 6) is -0.625. The molecule has 4 rings (SSSR count). The molecule has 0 radical (unpaired) electrons. The highest BCUT2D eigenvalue weighted by Gasteiger charge is 2.34. The van der Waals surface area contributed by atoms with Crippen LogP contribution >= 0.6 is 0 Å². The van der Waals surface area contributed by atoms with Gasteiger partial charge in [0.1, 0.15) is 5.82 Å². The highest BCUT2D eigenvalue weighted by Crippen LogP contribution is 2.31. The average molecular weight is 431 g/mol. The number of likely N-dealkylation sites (tertiary alicyclic amines) is 1. The normalized spacial score (nSPS) is 18.2. The van der Waals surface area contributed by atoms with Crippen LogP contribution in [0.15, 0.2) is 84.9 Å². The van der Waals surface area contributed by atoms with Gasteiger partial charge in [-0.2, -0.15) is 0 Å². The van der Waals surface area contributed by atoms with E-state index in [0.717, 1.165) is 11.1 Å². The number of nitrogens with zero attached hydrogens (tertiary/aromatic N) is 1. The lowest BCUT2D eigenvalue weighted by molar-refractivity contribution is -0.135. The number of carbonyl (C=O) groups excluding carboxylic acids is 2. The second-order valence-electron chi connectivity index (χ2n) is 8.35. The lowest BCUT2D eigenvalue weighted by Gasteiger charge is -2.37. The molecule has 2 atom stereocenters. The molecule has 1 aliphatic heterocycles. The largest absolute Gasteiger partial charge is 0.352 e. The summed E-state index contributed by atoms with van der Waals surface area (Å²) in [6.45, 7) is 1.26. The van der Waals surface area contributed by atoms with Gasteiger partial charge in [-0.3, -0.25) is 9.59 Å². The van der Waals surface area contributed by atoms with Crippen molar-refractivity contribution in [2.75, 3.05) is 13.1 Å². The second-order valence-corrected chi connectivity index (χ2v) is 8.35. The van der Waals surface area contributed by atoms with Crippen molar-refractivity contribution in [2.45, 2.75) is 25.3 Å². The number of carbonyl (C=O) groups is 2. The molecule has 3 aromatic rings. The summed E-state index contributed by atoms with van der Waals surface area (Å²) >= 11 is 0. The molecular weight excluding hydrogens is 403 g/mol. The number of rotatable bonds is 6. The minimum atomic E-state index is -0.323. The molecule has 3 aromatic carbocycles. The van der Waals surface area contributed by atoms with Gasteiger partial charge in [0, 0.05) is 25.6 Å². The Labute approximate surface area is 188 Å². The Morgan fingerprint density at radius 1 is 0.875 bits per heavy atom. The Hall–Kier alpha value is -3.47. The molecule has 2 unspecified atom stereocenters. The Balaban J connectivity index is 1.47. The molecule has 1 aliphatic rings. The number of halogens is 1. The molecule has 1 fully saturated rings. The van der Waals surface area contributed by atoms with Gasteiger partial charge in [-0.05, 0) is 35.2 Å². The fraction of sp³-hybridized carbons (Fsp3) is 0.259. The number of hydrogen-bond donors (Lipinski definition) is 1. The standard InChI is InChI=1S/C27H27FN2O2/c28-25-13-7-10-21(14-25)17-29-27(32)24-16-23(22-11-5-2-6-12-22)18-30(19-24)26(31)15-20-8-3-1-4-9-20/h1-14,23-24H,15-19H2,(H,29,32). The zero-order chi connectivity index (χ0) is 22.3. The van der Waals surface area contributed by atoms with Gasteiger partial charge in [-0.1, -0.05) is 72.8 Å². The summed E-state index contributed by atoms with van der Waals surface area (Å²) < 4.78 is 13.4. The maximum absolute atomic E-state index is 13.4. The van der Waals surface area contributed by atoms with Crippen LogP contribution in [0.25, 0.3) is 0 Å². The van der Waals surface area contributed by atoms with Crippen LogP contribution in [0, 0.1) is 11.7 Å². The lowest BCUT2D eigenvalue weighted by Crippen LogP contribution is -2.48. The zero-order valence-corrected chi connectivity index (χ0v) is 17.9. The van der Waals surface area contributed by atoms with Crippen LogP contribution in [-0.2, 0) is 22.6 Å². The smallest absolute Gasteiger partial charge is 0.227 e. The monoisotopic (exact) mass is 430 g/mol. The van der Waals surface area contributed by atoms with E-state index in [1.54, 1.807) is 12.1 Å². The van der Waals surface area contributed by atoms with Crippen LogP contribution in [0.2, 0.25) is 0 Å². The predicted molar refractivity (Wildman–Crippen MR) is 122 cm³/mol. The Morgan fingerprint density at radius 3 is 2.28 bits per heavy atom. The van der Waals surface area contributed by atoms with Crippen LogP contribution in [0.1, 0.15) is 29.0 Å². The maximum atomic E-state index is 13.4. The highest BCUT2D eigenvalue weighted by molar-refractivity contribution is 5.82. The summed E-state index contributed by atoms with van der Waals surface area (Å²) in [4.78, 5) is 27.9. The van der Waals surface area contributed by atoms with E-state index in [-0.39, 0.29) is 36.0 Å². The first-order chi connectivity index (χ1) is 15.6. The molecule has 164 valence electrons. The summed E-state index contributed by atoms with van der Waals surface area (Å²) in [6.07, 6.45) is 0.994. The third kappa shape index (κ3) is 5.61. The Morgan fingerprint density at radius 2 is 1.56 bits per heavy atom. The van der Waals surface area contributed by atoms with Crippen LogP contribution in [0.4, 0.5) is 4.39 Å². The van der Waals surface area contributed by atoms with Crippen molar-refractivity contribution in [1.29, 1.82) is 0 Å². The summed E-state index contributed by atoms with van der Waals surface area (Å²) in [5, 5.41) is 2.93. The first kappa shape index (κ1) is 21.8. The van der Waals surface area contributed by atoms with Crippen molar-refractivity contribution in [3.63, 3.8) is 0 Å². The molecular formula is C27H27FN2O2. The predicted octanol–water partition coefficient (Wildman–Crippen LogP) is 4.32. The number of piperidine rings is 1. The Kier molecular flexibility index (Phi) is 6.95. The molecule has 1 saturated heterocycles. The fourth-order valence-corrected chi connectivity index (χ4v) is 4.32. The quantitative estimate of drug-likeness (QED) is 0.633. The van der Waals surface area contributed by atoms with Crippen LogP contribution in [-0.4, -0.2) is 29.8 Å². The Bertz CT molecular complexity index is 1060. The molecule has 0 aliphatic carbocycles. The molecule has 4 nitrogen and oxygen atoms in total. The third-order valence-electron chi connectivity index (χ3n) is 6.00. The van der Waals surface area contributed by atoms with Crippen LogP contribution < -0.4 is 5.32 Å². The van der Waals surface area contributed by atoms with Gasteiger partial charge in [0.25, 0.3) is 0 Å². The van der Waals surface area contributed by atoms with Gasteiger partial charge in [0.2, 0.25) is 11.8 Å². The van der Waals surface area contributed by atoms with Gasteiger partial charge in [0.15, 0.2) is 0 Å². The van der Waals surface area contributed by atoms with E-state index < -0.39 is 0 Å². The average Bonchev–Trinajstić information content (AvgIpc) is 2.83. The fourth-order valence-electron chi connectivity index (χ4n) is 4.32. The minimum Gasteiger partial charge on any atom is -0.352 e. The summed E-state index contributed by atoms with van der Waals surface area (Å²) in [6, 6.07) is 25.9. The van der Waals surface area contributed by atoms with E-state index in [9.17, 15) is 14.0 Å². The van der Waals surface area contributed by atoms with E-state index in [4.69, 9.17) is 0 Å². The van der Waals surface area contributed by atoms with Gasteiger partial charge >= 0.3 is 0 Å². The first-order valence-corrected chi connectivity index (χ1v) is 11.0. The number of benzene rings is 3. The molecule has 0 spiro atoms. The first-order valence-electron chi connectivity index (χ1n) is 11.0. The van der Waals surface area contributed by atoms with E-state index in [2.05, 4.69) is 17.4 Å². The van der Waals surface area contributed by atoms with Crippen LogP contribution in [0.3, 0.4) is 0 Å². The molecule has 0 bridgehead atoms. The molecule has 0 aromatic heterocycles. The number of nitrogens with one attached hydrogen (secondary N) is 1. The van der Waals surface area contributed by atoms with Gasteiger partial charge in [-0.15, -0.1) is 0 Å². The SMILES string of the molecule is O=C(NCc1cccc(F)c1)C1CC(c2ccccc2)CN(C(=O)Cc2ccccc2)C1. The van der Waals surface area contributed by atoms with Gasteiger partial charge in [-0.25, -0.2) is 4.39 Å². The number of amides is 2. The minimum absolute atomic E-state index is 0.0276. The summed E-state index contributed by atoms with van der Waals surface area (Å²) in [5.41, 5.74) is 2.81. The van der Waals surface area contributed by atoms with E-state index in [0.29, 0.717) is 31.5 Å². The molecule has 32 heavy (non-hydrogen) atoms. The van der Waals surface area contributed by atoms with Gasteiger partial charge in [0.05, 0.1) is 12.3 Å². The summed E-state index contributed by atoms with van der Waals surface area (Å²) in [7, 11) is 0. The molecule has 2 amide bonds. The highest BCUT2D eigenvalue weighted by atomic mass is 19.1. The van der Waals surface area contributed by atoms with E-state index >= 15 is 0 Å². The van der Waals surface area contributed by atoms with E-state index in [1.807, 2.05) is 53.4 Å². The topological polar surface area (TPSA) is 49.4 Å². The van der Waals surface area contributed by atoms with Crippen molar-refractivity contribution < 1.29 is 14.0 Å². The second kappa shape index (κ2) is 10.2. The maximum Gasteiger partial charge on any atom is 0.227 e. The van der Waals surface area contributed by atoms with Crippen LogP contribution in [0.5, 0.6) is 0 Å². The zero-order valence-electron chi connectivity index (χ0n) is 17.9. The van der Waals surface area contributed by atoms with Crippen molar-refractivity contribution >= 4 is 11.8 Å². The van der Waals surface area contributed by atoms with E-state index in [1.165, 1.54) is 12.1 Å². The molecule has 1 heterocycles. The third-order valence-corrected chi connectivity index (χ3v) is 6.00. The molecule has 0 saturated carbocycles. The molecule has 5 heteroatoms. The van der Waals surface area contributed by atoms with Gasteiger partial charge < -0.3 is 10.2 Å². The molecule has 1 N–H and O–H groups in total. The van der Waals surface area contributed by atoms with Crippen molar-refractivity contribution in [3.8, 4) is 0 Å². The van der Waals surface area contributed by atoms with Crippen molar-refractivity contribution in [3.05, 3.63) is 107 Å². The number of hydrogen-bond acceptors (Lipinski definition) is 2.